The number of ketones is 1. The highest BCUT2D eigenvalue weighted by Crippen LogP contribution is 2.16. The molecule has 10 nitrogen and oxygen atoms in total. The van der Waals surface area contributed by atoms with Crippen molar-refractivity contribution < 1.29 is 19.2 Å². The number of amides is 3. The largest absolute Gasteiger partial charge is 0.354 e. The van der Waals surface area contributed by atoms with Crippen molar-refractivity contribution in [2.45, 2.75) is 19.4 Å². The maximum Gasteiger partial charge on any atom is 0.243 e. The van der Waals surface area contributed by atoms with Crippen molar-refractivity contribution in [3.63, 3.8) is 0 Å². The number of carbonyl (C=O) groups is 4. The van der Waals surface area contributed by atoms with Crippen molar-refractivity contribution in [1.29, 1.82) is 0 Å². The molecule has 3 heterocycles. The first-order valence-corrected chi connectivity index (χ1v) is 11.8. The van der Waals surface area contributed by atoms with Crippen LogP contribution in [0.25, 0.3) is 0 Å². The fourth-order valence-corrected chi connectivity index (χ4v) is 4.35. The zero-order chi connectivity index (χ0) is 24.8. The first-order valence-electron chi connectivity index (χ1n) is 11.8. The van der Waals surface area contributed by atoms with Gasteiger partial charge in [0.1, 0.15) is 11.9 Å². The zero-order valence-corrected chi connectivity index (χ0v) is 19.8. The molecule has 0 aliphatic carbocycles. The first-order chi connectivity index (χ1) is 16.9. The number of pyridine rings is 1. The number of carbonyl (C=O) groups excluding carboxylic acids is 4. The molecule has 4 rings (SSSR count). The van der Waals surface area contributed by atoms with Gasteiger partial charge in [0, 0.05) is 56.7 Å². The van der Waals surface area contributed by atoms with Gasteiger partial charge in [0.25, 0.3) is 0 Å². The van der Waals surface area contributed by atoms with Gasteiger partial charge in [0.2, 0.25) is 17.7 Å². The Kier molecular flexibility index (Phi) is 7.71. The van der Waals surface area contributed by atoms with Crippen molar-refractivity contribution in [3.8, 4) is 0 Å². The van der Waals surface area contributed by atoms with E-state index < -0.39 is 6.04 Å². The van der Waals surface area contributed by atoms with E-state index in [-0.39, 0.29) is 36.5 Å². The molecular formula is C25H30N6O4. The average molecular weight is 479 g/mol. The Balaban J connectivity index is 1.32. The third-order valence-electron chi connectivity index (χ3n) is 6.31. The zero-order valence-electron chi connectivity index (χ0n) is 19.8. The molecule has 10 heteroatoms. The number of Topliss-reactive ketones (excluding diaryl/α,β-unsaturated/α-hetero) is 1. The first kappa shape index (κ1) is 24.3. The van der Waals surface area contributed by atoms with Crippen LogP contribution in [0.5, 0.6) is 0 Å². The van der Waals surface area contributed by atoms with Gasteiger partial charge in [-0.1, -0.05) is 6.07 Å². The summed E-state index contributed by atoms with van der Waals surface area (Å²) in [7, 11) is 0. The molecule has 1 aromatic heterocycles. The highest BCUT2D eigenvalue weighted by molar-refractivity contribution is 5.98. The molecule has 184 valence electrons. The van der Waals surface area contributed by atoms with E-state index >= 15 is 0 Å². The maximum absolute atomic E-state index is 13.1. The summed E-state index contributed by atoms with van der Waals surface area (Å²) in [5, 5.41) is 5.50. The minimum atomic E-state index is -0.859. The van der Waals surface area contributed by atoms with Gasteiger partial charge in [-0.3, -0.25) is 24.1 Å². The quantitative estimate of drug-likeness (QED) is 0.565. The van der Waals surface area contributed by atoms with E-state index in [0.717, 1.165) is 18.9 Å². The Labute approximate surface area is 204 Å². The van der Waals surface area contributed by atoms with Crippen molar-refractivity contribution in [2.75, 3.05) is 56.0 Å². The van der Waals surface area contributed by atoms with Crippen LogP contribution in [0.4, 0.5) is 11.5 Å². The van der Waals surface area contributed by atoms with E-state index in [1.165, 1.54) is 11.8 Å². The molecule has 2 saturated heterocycles. The van der Waals surface area contributed by atoms with Crippen LogP contribution in [-0.4, -0.2) is 90.1 Å². The third kappa shape index (κ3) is 6.21. The number of piperazine rings is 2. The average Bonchev–Trinajstić information content (AvgIpc) is 2.86. The number of benzene rings is 1. The van der Waals surface area contributed by atoms with Gasteiger partial charge in [0.05, 0.1) is 13.0 Å². The van der Waals surface area contributed by atoms with Gasteiger partial charge in [-0.05, 0) is 43.3 Å². The highest BCUT2D eigenvalue weighted by atomic mass is 16.2. The second-order valence-corrected chi connectivity index (χ2v) is 8.73. The van der Waals surface area contributed by atoms with Crippen LogP contribution >= 0.6 is 0 Å². The highest BCUT2D eigenvalue weighted by Gasteiger charge is 2.35. The Hall–Kier alpha value is -3.79. The number of aromatic nitrogens is 1. The molecule has 1 aromatic carbocycles. The predicted octanol–water partition coefficient (Wildman–Crippen LogP) is 0.762. The summed E-state index contributed by atoms with van der Waals surface area (Å²) < 4.78 is 0. The summed E-state index contributed by atoms with van der Waals surface area (Å²) in [6, 6.07) is 11.5. The van der Waals surface area contributed by atoms with E-state index in [2.05, 4.69) is 25.4 Å². The number of hydrogen-bond acceptors (Lipinski definition) is 7. The van der Waals surface area contributed by atoms with Gasteiger partial charge in [0.15, 0.2) is 5.78 Å². The van der Waals surface area contributed by atoms with Gasteiger partial charge < -0.3 is 20.4 Å². The Morgan fingerprint density at radius 2 is 1.77 bits per heavy atom. The van der Waals surface area contributed by atoms with Crippen LogP contribution in [0.2, 0.25) is 0 Å². The van der Waals surface area contributed by atoms with Gasteiger partial charge in [-0.25, -0.2) is 4.98 Å². The molecular weight excluding hydrogens is 448 g/mol. The molecule has 1 atom stereocenters. The Morgan fingerprint density at radius 1 is 1.03 bits per heavy atom. The van der Waals surface area contributed by atoms with Crippen molar-refractivity contribution in [2.24, 2.45) is 0 Å². The predicted molar refractivity (Wildman–Crippen MR) is 131 cm³/mol. The number of nitrogens with one attached hydrogen (secondary N) is 2. The summed E-state index contributed by atoms with van der Waals surface area (Å²) in [6.45, 7) is 5.35. The second kappa shape index (κ2) is 11.1. The van der Waals surface area contributed by atoms with E-state index in [1.54, 1.807) is 30.5 Å². The maximum atomic E-state index is 13.1. The van der Waals surface area contributed by atoms with Crippen LogP contribution in [0.1, 0.15) is 23.7 Å². The van der Waals surface area contributed by atoms with Crippen molar-refractivity contribution in [1.82, 2.24) is 20.1 Å². The number of hydrogen-bond donors (Lipinski definition) is 2. The lowest BCUT2D eigenvalue weighted by molar-refractivity contribution is -0.145. The van der Waals surface area contributed by atoms with Crippen LogP contribution in [-0.2, 0) is 14.4 Å². The lowest BCUT2D eigenvalue weighted by atomic mass is 10.1. The minimum absolute atomic E-state index is 0.0611. The van der Waals surface area contributed by atoms with E-state index in [9.17, 15) is 19.2 Å². The minimum Gasteiger partial charge on any atom is -0.354 e. The third-order valence-corrected chi connectivity index (χ3v) is 6.31. The van der Waals surface area contributed by atoms with Gasteiger partial charge in [-0.15, -0.1) is 0 Å². The smallest absolute Gasteiger partial charge is 0.243 e. The Morgan fingerprint density at radius 3 is 2.43 bits per heavy atom. The number of nitrogens with zero attached hydrogens (tertiary/aromatic N) is 4. The molecule has 2 fully saturated rings. The van der Waals surface area contributed by atoms with E-state index in [4.69, 9.17) is 0 Å². The molecule has 3 amide bonds. The monoisotopic (exact) mass is 478 g/mol. The molecule has 2 aliphatic rings. The second-order valence-electron chi connectivity index (χ2n) is 8.73. The summed E-state index contributed by atoms with van der Waals surface area (Å²) in [5.41, 5.74) is 1.08. The Bertz CT molecular complexity index is 1070. The standard InChI is InChI=1S/C25H30N6O4/c1-18(32)19-5-7-20(8-6-19)28-23(33)16-21-25(35)27-10-11-31(21)24(34)17-29-12-14-30(15-13-29)22-4-2-3-9-26-22/h2-9,21H,10-17H2,1H3,(H,27,35)(H,28,33)/t21-/m0/s1. The molecule has 2 aromatic rings. The van der Waals surface area contributed by atoms with Crippen LogP contribution in [0.15, 0.2) is 48.7 Å². The number of rotatable bonds is 7. The fourth-order valence-electron chi connectivity index (χ4n) is 4.35. The summed E-state index contributed by atoms with van der Waals surface area (Å²) >= 11 is 0. The van der Waals surface area contributed by atoms with Gasteiger partial charge in [-0.2, -0.15) is 0 Å². The van der Waals surface area contributed by atoms with Gasteiger partial charge >= 0.3 is 0 Å². The lowest BCUT2D eigenvalue weighted by Gasteiger charge is -2.38. The van der Waals surface area contributed by atoms with Crippen LogP contribution < -0.4 is 15.5 Å². The number of anilines is 2. The molecule has 2 N–H and O–H groups in total. The molecule has 0 radical (unpaired) electrons. The summed E-state index contributed by atoms with van der Waals surface area (Å²) in [4.78, 5) is 59.9. The SMILES string of the molecule is CC(=O)c1ccc(NC(=O)C[C@H]2C(=O)NCCN2C(=O)CN2CCN(c3ccccn3)CC2)cc1. The van der Waals surface area contributed by atoms with Crippen molar-refractivity contribution in [3.05, 3.63) is 54.2 Å². The van der Waals surface area contributed by atoms with E-state index in [0.29, 0.717) is 37.4 Å². The normalized spacial score (nSPS) is 18.7. The molecule has 35 heavy (non-hydrogen) atoms. The molecule has 0 spiro atoms. The topological polar surface area (TPSA) is 115 Å². The summed E-state index contributed by atoms with van der Waals surface area (Å²) in [5.74, 6) is 0.00744. The molecule has 0 bridgehead atoms. The fraction of sp³-hybridized carbons (Fsp3) is 0.400. The van der Waals surface area contributed by atoms with Crippen LogP contribution in [0, 0.1) is 0 Å². The molecule has 0 unspecified atom stereocenters. The van der Waals surface area contributed by atoms with Crippen LogP contribution in [0.3, 0.4) is 0 Å². The molecule has 0 saturated carbocycles. The van der Waals surface area contributed by atoms with Crippen molar-refractivity contribution >= 4 is 35.0 Å². The molecule has 2 aliphatic heterocycles. The lowest BCUT2D eigenvalue weighted by Crippen LogP contribution is -2.60. The van der Waals surface area contributed by atoms with E-state index in [1.807, 2.05) is 18.2 Å². The summed E-state index contributed by atoms with van der Waals surface area (Å²) in [6.07, 6.45) is 1.63.